The topological polar surface area (TPSA) is 76.5 Å². The number of benzene rings is 1. The summed E-state index contributed by atoms with van der Waals surface area (Å²) >= 11 is 5.90. The maximum absolute atomic E-state index is 12.8. The zero-order valence-electron chi connectivity index (χ0n) is 15.0. The fourth-order valence-corrected chi connectivity index (χ4v) is 4.01. The molecule has 2 amide bonds. The molecule has 1 unspecified atom stereocenters. The normalized spacial score (nSPS) is 21.0. The molecule has 1 spiro atoms. The Morgan fingerprint density at radius 1 is 1.26 bits per heavy atom. The summed E-state index contributed by atoms with van der Waals surface area (Å²) in [5.41, 5.74) is -0.0277. The minimum absolute atomic E-state index is 0.0245. The van der Waals surface area contributed by atoms with Crippen LogP contribution < -0.4 is 5.32 Å². The number of nitrogens with zero attached hydrogens (tertiary/aromatic N) is 3. The number of imidazole rings is 1. The third-order valence-electron chi connectivity index (χ3n) is 5.34. The second kappa shape index (κ2) is 6.98. The Labute approximate surface area is 162 Å². The van der Waals surface area contributed by atoms with E-state index < -0.39 is 11.7 Å². The molecule has 1 fully saturated rings. The fourth-order valence-electron chi connectivity index (χ4n) is 3.88. The average Bonchev–Trinajstić information content (AvgIpc) is 3.18. The maximum atomic E-state index is 12.8. The van der Waals surface area contributed by atoms with Gasteiger partial charge in [0.05, 0.1) is 6.54 Å². The smallest absolute Gasteiger partial charge is 0.253 e. The molecule has 0 radical (unpaired) electrons. The predicted octanol–water partition coefficient (Wildman–Crippen LogP) is 1.81. The van der Waals surface area contributed by atoms with Gasteiger partial charge in [0, 0.05) is 56.0 Å². The van der Waals surface area contributed by atoms with Gasteiger partial charge < -0.3 is 19.5 Å². The van der Waals surface area contributed by atoms with Crippen LogP contribution in [0.4, 0.5) is 0 Å². The van der Waals surface area contributed by atoms with E-state index in [0.29, 0.717) is 43.1 Å². The molecule has 2 aromatic rings. The average molecular weight is 389 g/mol. The molecule has 3 heterocycles. The molecule has 8 heteroatoms. The van der Waals surface area contributed by atoms with E-state index in [4.69, 9.17) is 16.3 Å². The van der Waals surface area contributed by atoms with Crippen molar-refractivity contribution in [2.75, 3.05) is 20.1 Å². The highest BCUT2D eigenvalue weighted by molar-refractivity contribution is 6.30. The molecule has 1 aromatic carbocycles. The first-order valence-electron chi connectivity index (χ1n) is 8.98. The van der Waals surface area contributed by atoms with E-state index in [0.717, 1.165) is 5.82 Å². The number of likely N-dealkylation sites (N-methyl/N-ethyl adjacent to an activating group) is 1. The van der Waals surface area contributed by atoms with Crippen molar-refractivity contribution in [3.63, 3.8) is 0 Å². The molecular weight excluding hydrogens is 368 g/mol. The van der Waals surface area contributed by atoms with E-state index in [9.17, 15) is 9.59 Å². The number of halogens is 1. The minimum Gasteiger partial charge on any atom is -0.357 e. The summed E-state index contributed by atoms with van der Waals surface area (Å²) in [7, 11) is 1.61. The Hall–Kier alpha value is -2.38. The lowest BCUT2D eigenvalue weighted by Crippen LogP contribution is -2.54. The molecule has 7 nitrogen and oxygen atoms in total. The Balaban J connectivity index is 1.53. The second-order valence-corrected chi connectivity index (χ2v) is 7.35. The van der Waals surface area contributed by atoms with Gasteiger partial charge in [-0.15, -0.1) is 0 Å². The predicted molar refractivity (Wildman–Crippen MR) is 99.4 cm³/mol. The monoisotopic (exact) mass is 388 g/mol. The molecule has 0 aliphatic carbocycles. The number of piperidine rings is 1. The van der Waals surface area contributed by atoms with Crippen LogP contribution in [0, 0.1) is 0 Å². The molecule has 1 atom stereocenters. The van der Waals surface area contributed by atoms with Crippen molar-refractivity contribution in [3.8, 4) is 0 Å². The molecule has 142 valence electrons. The van der Waals surface area contributed by atoms with Crippen LogP contribution in [0.1, 0.15) is 29.0 Å². The van der Waals surface area contributed by atoms with E-state index in [-0.39, 0.29) is 11.8 Å². The van der Waals surface area contributed by atoms with Crippen molar-refractivity contribution in [2.24, 2.45) is 0 Å². The van der Waals surface area contributed by atoms with Crippen molar-refractivity contribution in [1.82, 2.24) is 19.8 Å². The van der Waals surface area contributed by atoms with Gasteiger partial charge in [0.1, 0.15) is 11.4 Å². The van der Waals surface area contributed by atoms with E-state index in [1.807, 2.05) is 15.7 Å². The van der Waals surface area contributed by atoms with Crippen molar-refractivity contribution in [1.29, 1.82) is 0 Å². The van der Waals surface area contributed by atoms with Gasteiger partial charge in [-0.05, 0) is 24.3 Å². The Kier molecular flexibility index (Phi) is 4.65. The van der Waals surface area contributed by atoms with Crippen LogP contribution in [0.2, 0.25) is 5.02 Å². The minimum atomic E-state index is -0.643. The first-order valence-corrected chi connectivity index (χ1v) is 9.36. The summed E-state index contributed by atoms with van der Waals surface area (Å²) < 4.78 is 8.24. The van der Waals surface area contributed by atoms with Gasteiger partial charge in [-0.25, -0.2) is 4.98 Å². The number of carbonyl (C=O) groups is 2. The lowest BCUT2D eigenvalue weighted by Gasteiger charge is -2.45. The number of rotatable bonds is 2. The van der Waals surface area contributed by atoms with Crippen molar-refractivity contribution < 1.29 is 14.3 Å². The third-order valence-corrected chi connectivity index (χ3v) is 5.59. The zero-order valence-corrected chi connectivity index (χ0v) is 15.8. The summed E-state index contributed by atoms with van der Waals surface area (Å²) in [5, 5.41) is 3.26. The van der Waals surface area contributed by atoms with Crippen LogP contribution in [-0.2, 0) is 21.7 Å². The highest BCUT2D eigenvalue weighted by Crippen LogP contribution is 2.40. The number of amides is 2. The van der Waals surface area contributed by atoms with Crippen LogP contribution in [0.3, 0.4) is 0 Å². The lowest BCUT2D eigenvalue weighted by atomic mass is 9.88. The third kappa shape index (κ3) is 3.21. The summed E-state index contributed by atoms with van der Waals surface area (Å²) in [4.78, 5) is 31.2. The van der Waals surface area contributed by atoms with E-state index in [2.05, 4.69) is 10.3 Å². The second-order valence-electron chi connectivity index (χ2n) is 6.92. The molecule has 1 N–H and O–H groups in total. The summed E-state index contributed by atoms with van der Waals surface area (Å²) in [6.07, 6.45) is 4.24. The molecule has 0 bridgehead atoms. The molecule has 2 aliphatic heterocycles. The lowest BCUT2D eigenvalue weighted by molar-refractivity contribution is -0.171. The number of fused-ring (bicyclic) bond motifs is 2. The van der Waals surface area contributed by atoms with Gasteiger partial charge in [0.15, 0.2) is 6.10 Å². The Bertz CT molecular complexity index is 856. The van der Waals surface area contributed by atoms with Gasteiger partial charge in [-0.1, -0.05) is 11.6 Å². The Morgan fingerprint density at radius 3 is 2.63 bits per heavy atom. The molecule has 2 aliphatic rings. The SMILES string of the molecule is CNC(=O)C1Cn2ccnc2C2(CCN(C(=O)c3ccc(Cl)cc3)CC2)O1. The fraction of sp³-hybridized carbons (Fsp3) is 0.421. The highest BCUT2D eigenvalue weighted by Gasteiger charge is 2.47. The molecule has 1 aromatic heterocycles. The van der Waals surface area contributed by atoms with Crippen LogP contribution in [0.25, 0.3) is 0 Å². The van der Waals surface area contributed by atoms with Crippen LogP contribution >= 0.6 is 11.6 Å². The molecule has 27 heavy (non-hydrogen) atoms. The van der Waals surface area contributed by atoms with E-state index in [1.54, 1.807) is 37.5 Å². The van der Waals surface area contributed by atoms with Gasteiger partial charge in [-0.3, -0.25) is 9.59 Å². The quantitative estimate of drug-likeness (QED) is 0.851. The van der Waals surface area contributed by atoms with Crippen molar-refractivity contribution in [3.05, 3.63) is 53.1 Å². The van der Waals surface area contributed by atoms with Gasteiger partial charge in [-0.2, -0.15) is 0 Å². The number of nitrogens with one attached hydrogen (secondary N) is 1. The van der Waals surface area contributed by atoms with E-state index >= 15 is 0 Å². The van der Waals surface area contributed by atoms with Crippen LogP contribution in [0.15, 0.2) is 36.7 Å². The van der Waals surface area contributed by atoms with Crippen LogP contribution in [-0.4, -0.2) is 52.5 Å². The number of hydrogen-bond donors (Lipinski definition) is 1. The van der Waals surface area contributed by atoms with E-state index in [1.165, 1.54) is 0 Å². The first-order chi connectivity index (χ1) is 13.0. The van der Waals surface area contributed by atoms with Crippen LogP contribution in [0.5, 0.6) is 0 Å². The summed E-state index contributed by atoms with van der Waals surface area (Å²) in [6.45, 7) is 1.52. The number of carbonyl (C=O) groups excluding carboxylic acids is 2. The standard InChI is InChI=1S/C19H21ClN4O3/c1-21-16(25)15-12-24-11-8-22-18(24)19(27-15)6-9-23(10-7-19)17(26)13-2-4-14(20)5-3-13/h2-5,8,11,15H,6-7,9-10,12H2,1H3,(H,21,25). The maximum Gasteiger partial charge on any atom is 0.253 e. The molecular formula is C19H21ClN4O3. The Morgan fingerprint density at radius 2 is 1.96 bits per heavy atom. The highest BCUT2D eigenvalue weighted by atomic mass is 35.5. The summed E-state index contributed by atoms with van der Waals surface area (Å²) in [6, 6.07) is 6.91. The first kappa shape index (κ1) is 18.0. The van der Waals surface area contributed by atoms with Gasteiger partial charge in [0.2, 0.25) is 0 Å². The number of hydrogen-bond acceptors (Lipinski definition) is 4. The zero-order chi connectivity index (χ0) is 19.0. The molecule has 0 saturated carbocycles. The number of likely N-dealkylation sites (tertiary alicyclic amines) is 1. The molecule has 1 saturated heterocycles. The molecule has 4 rings (SSSR count). The van der Waals surface area contributed by atoms with Crippen molar-refractivity contribution >= 4 is 23.4 Å². The van der Waals surface area contributed by atoms with Gasteiger partial charge in [0.25, 0.3) is 11.8 Å². The number of ether oxygens (including phenoxy) is 1. The summed E-state index contributed by atoms with van der Waals surface area (Å²) in [5.74, 6) is 0.665. The number of aromatic nitrogens is 2. The van der Waals surface area contributed by atoms with Gasteiger partial charge >= 0.3 is 0 Å². The van der Waals surface area contributed by atoms with Crippen molar-refractivity contribution in [2.45, 2.75) is 31.1 Å². The largest absolute Gasteiger partial charge is 0.357 e.